The van der Waals surface area contributed by atoms with Crippen molar-refractivity contribution in [1.29, 1.82) is 0 Å². The lowest BCUT2D eigenvalue weighted by molar-refractivity contribution is -0.137. The molecule has 28 heavy (non-hydrogen) atoms. The normalized spacial score (nSPS) is 12.7. The van der Waals surface area contributed by atoms with Crippen LogP contribution < -0.4 is 16.8 Å². The van der Waals surface area contributed by atoms with Crippen molar-refractivity contribution in [3.63, 3.8) is 0 Å². The van der Waals surface area contributed by atoms with E-state index in [1.165, 1.54) is 18.2 Å². The number of nitrogens with one attached hydrogen (secondary N) is 1. The summed E-state index contributed by atoms with van der Waals surface area (Å²) in [7, 11) is 0. The second kappa shape index (κ2) is 9.07. The molecule has 2 aromatic carbocycles. The molecule has 0 aliphatic rings. The third kappa shape index (κ3) is 5.35. The number of alkyl halides is 3. The standard InChI is InChI=1S/C20H22F3N5/c1-3-12-26-17-11-7-5-8-14(17)13(2)27-19(25)28-18(24)15-9-4-6-10-16(15)20(21,22)23/h4-11,26H,2-3,12H2,1H3,(H4,24,25,27,28). The maximum Gasteiger partial charge on any atom is 0.417 e. The molecule has 0 amide bonds. The third-order valence-electron chi connectivity index (χ3n) is 3.80. The van der Waals surface area contributed by atoms with E-state index in [4.69, 9.17) is 11.5 Å². The minimum absolute atomic E-state index is 0.260. The maximum atomic E-state index is 13.1. The van der Waals surface area contributed by atoms with Crippen molar-refractivity contribution < 1.29 is 13.2 Å². The molecule has 0 fully saturated rings. The highest BCUT2D eigenvalue weighted by atomic mass is 19.4. The van der Waals surface area contributed by atoms with E-state index < -0.39 is 11.7 Å². The van der Waals surface area contributed by atoms with Crippen molar-refractivity contribution in [3.05, 3.63) is 71.8 Å². The van der Waals surface area contributed by atoms with Crippen LogP contribution in [-0.4, -0.2) is 18.3 Å². The molecule has 0 spiro atoms. The number of halogens is 3. The molecule has 2 rings (SSSR count). The first-order valence-corrected chi connectivity index (χ1v) is 8.61. The van der Waals surface area contributed by atoms with E-state index in [2.05, 4.69) is 21.9 Å². The summed E-state index contributed by atoms with van der Waals surface area (Å²) >= 11 is 0. The summed E-state index contributed by atoms with van der Waals surface area (Å²) in [6, 6.07) is 12.2. The summed E-state index contributed by atoms with van der Waals surface area (Å²) in [5.41, 5.74) is 12.2. The van der Waals surface area contributed by atoms with Crippen LogP contribution in [0, 0.1) is 0 Å². The van der Waals surface area contributed by atoms with E-state index in [1.807, 2.05) is 31.2 Å². The molecule has 2 aromatic rings. The van der Waals surface area contributed by atoms with Gasteiger partial charge in [-0.15, -0.1) is 0 Å². The summed E-state index contributed by atoms with van der Waals surface area (Å²) in [6.45, 7) is 6.68. The Kier molecular flexibility index (Phi) is 6.81. The summed E-state index contributed by atoms with van der Waals surface area (Å²) < 4.78 is 39.4. The molecule has 0 radical (unpaired) electrons. The van der Waals surface area contributed by atoms with Crippen molar-refractivity contribution in [2.45, 2.75) is 19.5 Å². The number of amidine groups is 1. The van der Waals surface area contributed by atoms with Crippen LogP contribution in [0.3, 0.4) is 0 Å². The van der Waals surface area contributed by atoms with Crippen molar-refractivity contribution >= 4 is 23.2 Å². The van der Waals surface area contributed by atoms with Gasteiger partial charge in [0.15, 0.2) is 0 Å². The van der Waals surface area contributed by atoms with Crippen LogP contribution >= 0.6 is 0 Å². The van der Waals surface area contributed by atoms with Gasteiger partial charge >= 0.3 is 6.18 Å². The Hall–Kier alpha value is -3.29. The molecule has 0 aromatic heterocycles. The Morgan fingerprint density at radius 1 is 1.00 bits per heavy atom. The quantitative estimate of drug-likeness (QED) is 0.511. The highest BCUT2D eigenvalue weighted by Gasteiger charge is 2.33. The Labute approximate surface area is 161 Å². The molecule has 8 heteroatoms. The first-order chi connectivity index (χ1) is 13.2. The molecule has 0 aliphatic carbocycles. The van der Waals surface area contributed by atoms with Gasteiger partial charge in [-0.25, -0.2) is 4.99 Å². The summed E-state index contributed by atoms with van der Waals surface area (Å²) in [5.74, 6) is -0.663. The molecule has 148 valence electrons. The Balaban J connectivity index is 2.31. The highest BCUT2D eigenvalue weighted by Crippen LogP contribution is 2.31. The number of aliphatic imine (C=N–C) groups is 2. The number of guanidine groups is 1. The molecule has 0 unspecified atom stereocenters. The van der Waals surface area contributed by atoms with Gasteiger partial charge in [-0.1, -0.05) is 49.9 Å². The number of benzene rings is 2. The number of nitrogens with two attached hydrogens (primary N) is 2. The Morgan fingerprint density at radius 2 is 1.61 bits per heavy atom. The Bertz CT molecular complexity index is 901. The molecule has 0 bridgehead atoms. The van der Waals surface area contributed by atoms with Crippen LogP contribution in [0.5, 0.6) is 0 Å². The lowest BCUT2D eigenvalue weighted by atomic mass is 10.1. The molecular formula is C20H22F3N5. The van der Waals surface area contributed by atoms with Crippen LogP contribution in [-0.2, 0) is 6.18 Å². The zero-order chi connectivity index (χ0) is 20.7. The molecular weight excluding hydrogens is 367 g/mol. The topological polar surface area (TPSA) is 88.8 Å². The van der Waals surface area contributed by atoms with Crippen LogP contribution in [0.1, 0.15) is 30.0 Å². The lowest BCUT2D eigenvalue weighted by Crippen LogP contribution is -2.23. The fraction of sp³-hybridized carbons (Fsp3) is 0.200. The van der Waals surface area contributed by atoms with Gasteiger partial charge in [-0.2, -0.15) is 18.2 Å². The zero-order valence-electron chi connectivity index (χ0n) is 15.4. The SMILES string of the molecule is C=C(N=C(N)N=C(N)c1ccccc1C(F)(F)F)c1ccccc1NCCC. The molecule has 0 saturated heterocycles. The molecule has 5 nitrogen and oxygen atoms in total. The van der Waals surface area contributed by atoms with Crippen LogP contribution in [0.25, 0.3) is 5.70 Å². The number of anilines is 1. The summed E-state index contributed by atoms with van der Waals surface area (Å²) in [6.07, 6.45) is -3.62. The maximum absolute atomic E-state index is 13.1. The average Bonchev–Trinajstić information content (AvgIpc) is 2.65. The number of hydrogen-bond donors (Lipinski definition) is 3. The average molecular weight is 389 g/mol. The van der Waals surface area contributed by atoms with Crippen LogP contribution in [0.4, 0.5) is 18.9 Å². The number of hydrogen-bond acceptors (Lipinski definition) is 2. The fourth-order valence-corrected chi connectivity index (χ4v) is 2.51. The number of rotatable bonds is 6. The van der Waals surface area contributed by atoms with Gasteiger partial charge in [-0.05, 0) is 18.6 Å². The van der Waals surface area contributed by atoms with Gasteiger partial charge in [0.1, 0.15) is 5.84 Å². The molecule has 0 heterocycles. The smallest absolute Gasteiger partial charge is 0.385 e. The van der Waals surface area contributed by atoms with Crippen molar-refractivity contribution in [1.82, 2.24) is 0 Å². The van der Waals surface area contributed by atoms with Crippen LogP contribution in [0.2, 0.25) is 0 Å². The summed E-state index contributed by atoms with van der Waals surface area (Å²) in [4.78, 5) is 7.90. The van der Waals surface area contributed by atoms with Gasteiger partial charge in [-0.3, -0.25) is 0 Å². The zero-order valence-corrected chi connectivity index (χ0v) is 15.4. The van der Waals surface area contributed by atoms with E-state index in [0.717, 1.165) is 24.7 Å². The van der Waals surface area contributed by atoms with Crippen molar-refractivity contribution in [2.24, 2.45) is 21.5 Å². The second-order valence-corrected chi connectivity index (χ2v) is 5.93. The van der Waals surface area contributed by atoms with Gasteiger partial charge in [0.25, 0.3) is 0 Å². The van der Waals surface area contributed by atoms with E-state index in [-0.39, 0.29) is 17.4 Å². The minimum atomic E-state index is -4.56. The molecule has 0 saturated carbocycles. The van der Waals surface area contributed by atoms with Gasteiger partial charge in [0.05, 0.1) is 11.3 Å². The monoisotopic (exact) mass is 389 g/mol. The van der Waals surface area contributed by atoms with Crippen molar-refractivity contribution in [3.8, 4) is 0 Å². The number of para-hydroxylation sites is 1. The van der Waals surface area contributed by atoms with Gasteiger partial charge in [0, 0.05) is 23.4 Å². The molecule has 0 atom stereocenters. The molecule has 5 N–H and O–H groups in total. The van der Waals surface area contributed by atoms with E-state index in [0.29, 0.717) is 11.3 Å². The van der Waals surface area contributed by atoms with E-state index in [1.54, 1.807) is 0 Å². The lowest BCUT2D eigenvalue weighted by Gasteiger charge is -2.12. The minimum Gasteiger partial charge on any atom is -0.385 e. The van der Waals surface area contributed by atoms with E-state index in [9.17, 15) is 13.2 Å². The predicted octanol–water partition coefficient (Wildman–Crippen LogP) is 4.22. The predicted molar refractivity (Wildman–Crippen MR) is 108 cm³/mol. The van der Waals surface area contributed by atoms with Gasteiger partial charge in [0.2, 0.25) is 5.96 Å². The summed E-state index contributed by atoms with van der Waals surface area (Å²) in [5, 5.41) is 3.25. The van der Waals surface area contributed by atoms with Crippen molar-refractivity contribution in [2.75, 3.05) is 11.9 Å². The Morgan fingerprint density at radius 3 is 2.25 bits per heavy atom. The van der Waals surface area contributed by atoms with Crippen LogP contribution in [0.15, 0.2) is 65.1 Å². The first-order valence-electron chi connectivity index (χ1n) is 8.61. The fourth-order valence-electron chi connectivity index (χ4n) is 2.51. The van der Waals surface area contributed by atoms with Gasteiger partial charge < -0.3 is 16.8 Å². The van der Waals surface area contributed by atoms with E-state index >= 15 is 0 Å². The molecule has 0 aliphatic heterocycles. The third-order valence-corrected chi connectivity index (χ3v) is 3.80. The second-order valence-electron chi connectivity index (χ2n) is 5.93. The first kappa shape index (κ1) is 21.0. The number of nitrogens with zero attached hydrogens (tertiary/aromatic N) is 2. The highest BCUT2D eigenvalue weighted by molar-refractivity contribution is 6.06. The largest absolute Gasteiger partial charge is 0.417 e.